The zero-order valence-electron chi connectivity index (χ0n) is 24.5. The van der Waals surface area contributed by atoms with Crippen LogP contribution in [0.4, 0.5) is 26.7 Å². The van der Waals surface area contributed by atoms with Crippen molar-refractivity contribution in [2.75, 3.05) is 39.3 Å². The minimum Gasteiger partial charge on any atom is -0.440 e. The van der Waals surface area contributed by atoms with Gasteiger partial charge < -0.3 is 19.9 Å². The molecular formula is C31H33F5N4O5. The summed E-state index contributed by atoms with van der Waals surface area (Å²) < 4.78 is 71.1. The fraction of sp³-hybridized carbons (Fsp3) is 0.484. The molecule has 3 atom stereocenters. The molecule has 0 aromatic heterocycles. The second-order valence-corrected chi connectivity index (χ2v) is 12.0. The van der Waals surface area contributed by atoms with E-state index in [1.807, 2.05) is 6.92 Å². The van der Waals surface area contributed by atoms with Gasteiger partial charge >= 0.3 is 12.3 Å². The molecule has 1 aliphatic carbocycles. The number of alkyl halides is 4. The molecule has 1 saturated carbocycles. The molecule has 0 bridgehead atoms. The van der Waals surface area contributed by atoms with Crippen LogP contribution in [0.5, 0.6) is 0 Å². The summed E-state index contributed by atoms with van der Waals surface area (Å²) in [7, 11) is 0. The number of piperazine rings is 1. The molecule has 242 valence electrons. The van der Waals surface area contributed by atoms with Gasteiger partial charge in [-0.05, 0) is 41.0 Å². The minimum absolute atomic E-state index is 0.174. The van der Waals surface area contributed by atoms with Crippen LogP contribution in [-0.2, 0) is 24.5 Å². The lowest BCUT2D eigenvalue weighted by atomic mass is 9.92. The van der Waals surface area contributed by atoms with Crippen LogP contribution in [-0.4, -0.2) is 96.2 Å². The SMILES string of the molecule is CC1(c2ccc([C@@H](NC(=O)[C@@H]3C[C@@H](F)CN3C(=O)CN3CCN(C(=O)OCC(F)(F)F)CC3=O)c3ccccc3)cc2F)CC1. The zero-order chi connectivity index (χ0) is 32.5. The van der Waals surface area contributed by atoms with Gasteiger partial charge in [-0.3, -0.25) is 19.3 Å². The second-order valence-electron chi connectivity index (χ2n) is 12.0. The predicted octanol–water partition coefficient (Wildman–Crippen LogP) is 3.86. The monoisotopic (exact) mass is 636 g/mol. The van der Waals surface area contributed by atoms with Gasteiger partial charge in [-0.15, -0.1) is 0 Å². The highest BCUT2D eigenvalue weighted by molar-refractivity contribution is 5.92. The van der Waals surface area contributed by atoms with Crippen molar-refractivity contribution in [2.45, 2.75) is 56.0 Å². The number of amides is 4. The van der Waals surface area contributed by atoms with Crippen LogP contribution >= 0.6 is 0 Å². The molecule has 0 radical (unpaired) electrons. The van der Waals surface area contributed by atoms with E-state index in [0.29, 0.717) is 16.7 Å². The van der Waals surface area contributed by atoms with Crippen LogP contribution < -0.4 is 5.32 Å². The highest BCUT2D eigenvalue weighted by Crippen LogP contribution is 2.48. The third-order valence-electron chi connectivity index (χ3n) is 8.53. The Labute approximate surface area is 256 Å². The second kappa shape index (κ2) is 12.6. The van der Waals surface area contributed by atoms with Crippen LogP contribution in [0.2, 0.25) is 0 Å². The van der Waals surface area contributed by atoms with Crippen molar-refractivity contribution in [3.8, 4) is 0 Å². The quantitative estimate of drug-likeness (QED) is 0.444. The summed E-state index contributed by atoms with van der Waals surface area (Å²) in [6, 6.07) is 11.7. The van der Waals surface area contributed by atoms with Crippen molar-refractivity contribution < 1.29 is 45.9 Å². The highest BCUT2D eigenvalue weighted by Gasteiger charge is 2.43. The number of carbonyl (C=O) groups is 4. The number of rotatable bonds is 8. The molecule has 4 amide bonds. The van der Waals surface area contributed by atoms with Crippen molar-refractivity contribution in [3.05, 3.63) is 71.0 Å². The third kappa shape index (κ3) is 7.54. The highest BCUT2D eigenvalue weighted by atomic mass is 19.4. The van der Waals surface area contributed by atoms with E-state index in [4.69, 9.17) is 0 Å². The van der Waals surface area contributed by atoms with Crippen molar-refractivity contribution in [3.63, 3.8) is 0 Å². The Morgan fingerprint density at radius 3 is 2.40 bits per heavy atom. The first-order valence-corrected chi connectivity index (χ1v) is 14.6. The maximum atomic E-state index is 15.2. The normalized spacial score (nSPS) is 21.8. The van der Waals surface area contributed by atoms with Crippen molar-refractivity contribution in [2.24, 2.45) is 0 Å². The van der Waals surface area contributed by atoms with E-state index >= 15 is 4.39 Å². The summed E-state index contributed by atoms with van der Waals surface area (Å²) in [6.07, 6.45) is -6.06. The average Bonchev–Trinajstić information content (AvgIpc) is 3.61. The van der Waals surface area contributed by atoms with Gasteiger partial charge in [-0.2, -0.15) is 13.2 Å². The molecule has 1 N–H and O–H groups in total. The molecule has 0 spiro atoms. The Morgan fingerprint density at radius 1 is 1.07 bits per heavy atom. The Balaban J connectivity index is 1.25. The molecule has 2 aromatic rings. The number of nitrogens with one attached hydrogen (secondary N) is 1. The summed E-state index contributed by atoms with van der Waals surface area (Å²) in [5.74, 6) is -2.46. The number of halogens is 5. The van der Waals surface area contributed by atoms with Crippen LogP contribution in [0, 0.1) is 5.82 Å². The number of hydrogen-bond donors (Lipinski definition) is 1. The Kier molecular flexibility index (Phi) is 9.04. The largest absolute Gasteiger partial charge is 0.440 e. The van der Waals surface area contributed by atoms with Crippen molar-refractivity contribution >= 4 is 23.8 Å². The van der Waals surface area contributed by atoms with Crippen LogP contribution in [0.1, 0.15) is 48.9 Å². The van der Waals surface area contributed by atoms with E-state index in [-0.39, 0.29) is 37.3 Å². The molecule has 2 heterocycles. The molecule has 3 fully saturated rings. The number of nitrogens with zero attached hydrogens (tertiary/aromatic N) is 3. The van der Waals surface area contributed by atoms with Crippen molar-refractivity contribution in [1.82, 2.24) is 20.0 Å². The molecule has 5 rings (SSSR count). The number of carbonyl (C=O) groups excluding carboxylic acids is 4. The summed E-state index contributed by atoms with van der Waals surface area (Å²) in [4.78, 5) is 54.3. The molecule has 2 aromatic carbocycles. The van der Waals surface area contributed by atoms with E-state index in [1.165, 1.54) is 6.07 Å². The van der Waals surface area contributed by atoms with Gasteiger partial charge in [-0.25, -0.2) is 13.6 Å². The predicted molar refractivity (Wildman–Crippen MR) is 150 cm³/mol. The Bertz CT molecular complexity index is 1450. The average molecular weight is 637 g/mol. The standard InChI is InChI=1S/C31H33F5N4O5/c1-30(9-10-30)22-8-7-20(13-23(22)33)27(19-5-3-2-4-6-19)37-28(43)24-14-21(32)15-40(24)26(42)17-38-11-12-39(16-25(38)41)29(44)45-18-31(34,35)36/h2-8,13,21,24,27H,9-12,14-18H2,1H3,(H,37,43)/t21-,24+,27+/m1/s1. The van der Waals surface area contributed by atoms with E-state index < -0.39 is 67.9 Å². The van der Waals surface area contributed by atoms with Crippen LogP contribution in [0.3, 0.4) is 0 Å². The summed E-state index contributed by atoms with van der Waals surface area (Å²) >= 11 is 0. The summed E-state index contributed by atoms with van der Waals surface area (Å²) in [6.45, 7) is -1.67. The molecule has 14 heteroatoms. The summed E-state index contributed by atoms with van der Waals surface area (Å²) in [5.41, 5.74) is 1.52. The Hall–Kier alpha value is -4.23. The molecule has 2 saturated heterocycles. The molecule has 2 aliphatic heterocycles. The van der Waals surface area contributed by atoms with Crippen LogP contribution in [0.25, 0.3) is 0 Å². The minimum atomic E-state index is -4.72. The van der Waals surface area contributed by atoms with E-state index in [1.54, 1.807) is 42.5 Å². The third-order valence-corrected chi connectivity index (χ3v) is 8.53. The first kappa shape index (κ1) is 32.2. The van der Waals surface area contributed by atoms with Gasteiger partial charge in [0.2, 0.25) is 17.7 Å². The topological polar surface area (TPSA) is 99.3 Å². The van der Waals surface area contributed by atoms with Crippen molar-refractivity contribution in [1.29, 1.82) is 0 Å². The summed E-state index contributed by atoms with van der Waals surface area (Å²) in [5, 5.41) is 2.87. The molecule has 0 unspecified atom stereocenters. The Morgan fingerprint density at radius 2 is 1.78 bits per heavy atom. The lowest BCUT2D eigenvalue weighted by Gasteiger charge is -2.35. The van der Waals surface area contributed by atoms with Gasteiger partial charge in [0.25, 0.3) is 0 Å². The fourth-order valence-electron chi connectivity index (χ4n) is 5.73. The zero-order valence-corrected chi connectivity index (χ0v) is 24.5. The van der Waals surface area contributed by atoms with Gasteiger partial charge in [0, 0.05) is 19.5 Å². The first-order chi connectivity index (χ1) is 21.2. The maximum Gasteiger partial charge on any atom is 0.422 e. The van der Waals surface area contributed by atoms with Gasteiger partial charge in [0.15, 0.2) is 6.61 Å². The van der Waals surface area contributed by atoms with E-state index in [0.717, 1.165) is 27.5 Å². The lowest BCUT2D eigenvalue weighted by molar-refractivity contribution is -0.163. The van der Waals surface area contributed by atoms with Gasteiger partial charge in [-0.1, -0.05) is 49.4 Å². The number of benzene rings is 2. The number of ether oxygens (including phenoxy) is 1. The molecule has 3 aliphatic rings. The fourth-order valence-corrected chi connectivity index (χ4v) is 5.73. The van der Waals surface area contributed by atoms with E-state index in [9.17, 15) is 36.7 Å². The maximum absolute atomic E-state index is 15.2. The number of hydrogen-bond acceptors (Lipinski definition) is 5. The molecule has 45 heavy (non-hydrogen) atoms. The molecule has 9 nitrogen and oxygen atoms in total. The van der Waals surface area contributed by atoms with E-state index in [2.05, 4.69) is 10.1 Å². The molecular weight excluding hydrogens is 603 g/mol. The smallest absolute Gasteiger partial charge is 0.422 e. The number of likely N-dealkylation sites (tertiary alicyclic amines) is 1. The first-order valence-electron chi connectivity index (χ1n) is 14.6. The van der Waals surface area contributed by atoms with Gasteiger partial charge in [0.05, 0.1) is 19.1 Å². The van der Waals surface area contributed by atoms with Gasteiger partial charge in [0.1, 0.15) is 24.6 Å². The lowest BCUT2D eigenvalue weighted by Crippen LogP contribution is -2.56. The van der Waals surface area contributed by atoms with Crippen LogP contribution in [0.15, 0.2) is 48.5 Å².